The summed E-state index contributed by atoms with van der Waals surface area (Å²) in [4.78, 5) is 16.2. The van der Waals surface area contributed by atoms with Crippen molar-refractivity contribution in [2.75, 3.05) is 11.9 Å². The number of carbonyl (C=O) groups is 1. The van der Waals surface area contributed by atoms with Gasteiger partial charge in [-0.25, -0.2) is 9.18 Å². The fourth-order valence-electron chi connectivity index (χ4n) is 2.66. The highest BCUT2D eigenvalue weighted by molar-refractivity contribution is 5.89. The maximum absolute atomic E-state index is 13.1. The van der Waals surface area contributed by atoms with Crippen molar-refractivity contribution in [1.29, 1.82) is 0 Å². The van der Waals surface area contributed by atoms with Crippen LogP contribution in [0.15, 0.2) is 66.9 Å². The van der Waals surface area contributed by atoms with Crippen LogP contribution in [0.5, 0.6) is 0 Å². The van der Waals surface area contributed by atoms with E-state index in [2.05, 4.69) is 15.6 Å². The van der Waals surface area contributed by atoms with Gasteiger partial charge < -0.3 is 10.6 Å². The first-order valence-electron chi connectivity index (χ1n) is 8.42. The number of pyridine rings is 1. The van der Waals surface area contributed by atoms with Crippen molar-refractivity contribution in [3.63, 3.8) is 0 Å². The van der Waals surface area contributed by atoms with E-state index in [1.807, 2.05) is 49.4 Å². The molecule has 0 spiro atoms. The third kappa shape index (κ3) is 4.89. The number of urea groups is 1. The first-order valence-corrected chi connectivity index (χ1v) is 8.42. The van der Waals surface area contributed by atoms with Gasteiger partial charge in [0.1, 0.15) is 5.82 Å². The van der Waals surface area contributed by atoms with Crippen molar-refractivity contribution in [2.24, 2.45) is 0 Å². The fraction of sp³-hybridized carbons (Fsp3) is 0.143. The van der Waals surface area contributed by atoms with Crippen molar-refractivity contribution in [3.8, 4) is 11.1 Å². The second-order valence-electron chi connectivity index (χ2n) is 6.02. The lowest BCUT2D eigenvalue weighted by Gasteiger charge is -2.09. The van der Waals surface area contributed by atoms with E-state index in [0.717, 1.165) is 22.4 Å². The molecule has 0 saturated heterocycles. The Morgan fingerprint density at radius 2 is 1.85 bits per heavy atom. The molecule has 0 aliphatic heterocycles. The molecule has 0 atom stereocenters. The highest BCUT2D eigenvalue weighted by Gasteiger charge is 2.03. The van der Waals surface area contributed by atoms with Crippen LogP contribution in [-0.2, 0) is 6.42 Å². The number of amides is 2. The largest absolute Gasteiger partial charge is 0.338 e. The molecule has 0 aliphatic rings. The lowest BCUT2D eigenvalue weighted by atomic mass is 10.1. The molecule has 3 rings (SSSR count). The average Bonchev–Trinajstić information content (AvgIpc) is 2.62. The molecule has 3 aromatic rings. The minimum absolute atomic E-state index is 0.267. The second kappa shape index (κ2) is 8.25. The Morgan fingerprint density at radius 3 is 2.58 bits per heavy atom. The van der Waals surface area contributed by atoms with Gasteiger partial charge in [-0.05, 0) is 66.4 Å². The van der Waals surface area contributed by atoms with Gasteiger partial charge in [0.15, 0.2) is 0 Å². The van der Waals surface area contributed by atoms with Gasteiger partial charge in [0.05, 0.1) is 0 Å². The maximum atomic E-state index is 13.1. The van der Waals surface area contributed by atoms with Gasteiger partial charge >= 0.3 is 6.03 Å². The number of benzene rings is 2. The van der Waals surface area contributed by atoms with E-state index in [4.69, 9.17) is 0 Å². The Labute approximate surface area is 152 Å². The summed E-state index contributed by atoms with van der Waals surface area (Å²) < 4.78 is 13.1. The average molecular weight is 349 g/mol. The SMILES string of the molecule is Cc1cc(-c2ccc(NC(=O)NCCc3cccc(F)c3)cc2)ccn1. The minimum atomic E-state index is -0.283. The Kier molecular flexibility index (Phi) is 5.59. The van der Waals surface area contributed by atoms with Gasteiger partial charge in [0.2, 0.25) is 0 Å². The van der Waals surface area contributed by atoms with Crippen molar-refractivity contribution >= 4 is 11.7 Å². The van der Waals surface area contributed by atoms with E-state index in [0.29, 0.717) is 18.7 Å². The molecule has 2 amide bonds. The molecule has 4 nitrogen and oxygen atoms in total. The van der Waals surface area contributed by atoms with E-state index in [1.54, 1.807) is 12.3 Å². The molecule has 1 heterocycles. The van der Waals surface area contributed by atoms with E-state index < -0.39 is 0 Å². The number of aromatic nitrogens is 1. The normalized spacial score (nSPS) is 10.4. The molecule has 0 unspecified atom stereocenters. The lowest BCUT2D eigenvalue weighted by molar-refractivity contribution is 0.252. The smallest absolute Gasteiger partial charge is 0.319 e. The molecule has 0 fully saturated rings. The van der Waals surface area contributed by atoms with Gasteiger partial charge in [0.25, 0.3) is 0 Å². The molecule has 1 aromatic heterocycles. The number of hydrogen-bond donors (Lipinski definition) is 2. The zero-order valence-corrected chi connectivity index (χ0v) is 14.5. The zero-order valence-electron chi connectivity index (χ0n) is 14.5. The van der Waals surface area contributed by atoms with Crippen LogP contribution < -0.4 is 10.6 Å². The van der Waals surface area contributed by atoms with E-state index in [-0.39, 0.29) is 11.8 Å². The van der Waals surface area contributed by atoms with Crippen LogP contribution in [0.1, 0.15) is 11.3 Å². The molecule has 132 valence electrons. The summed E-state index contributed by atoms with van der Waals surface area (Å²) in [6, 6.07) is 17.7. The highest BCUT2D eigenvalue weighted by Crippen LogP contribution is 2.21. The number of aryl methyl sites for hydroxylation is 1. The van der Waals surface area contributed by atoms with Crippen LogP contribution in [0.3, 0.4) is 0 Å². The first kappa shape index (κ1) is 17.6. The Bertz CT molecular complexity index is 894. The van der Waals surface area contributed by atoms with Gasteiger partial charge in [-0.2, -0.15) is 0 Å². The second-order valence-corrected chi connectivity index (χ2v) is 6.02. The molecular weight excluding hydrogens is 329 g/mol. The van der Waals surface area contributed by atoms with E-state index in [9.17, 15) is 9.18 Å². The number of nitrogens with one attached hydrogen (secondary N) is 2. The van der Waals surface area contributed by atoms with Crippen molar-refractivity contribution < 1.29 is 9.18 Å². The van der Waals surface area contributed by atoms with Crippen LogP contribution in [-0.4, -0.2) is 17.6 Å². The van der Waals surface area contributed by atoms with Gasteiger partial charge in [0, 0.05) is 24.1 Å². The molecule has 0 radical (unpaired) electrons. The van der Waals surface area contributed by atoms with Crippen LogP contribution in [0.25, 0.3) is 11.1 Å². The summed E-state index contributed by atoms with van der Waals surface area (Å²) in [5.74, 6) is -0.267. The molecule has 2 aromatic carbocycles. The van der Waals surface area contributed by atoms with Crippen LogP contribution in [0.4, 0.5) is 14.9 Å². The molecule has 0 aliphatic carbocycles. The summed E-state index contributed by atoms with van der Waals surface area (Å²) in [6.07, 6.45) is 2.36. The molecule has 0 saturated carbocycles. The zero-order chi connectivity index (χ0) is 18.4. The van der Waals surface area contributed by atoms with Crippen molar-refractivity contribution in [2.45, 2.75) is 13.3 Å². The molecule has 0 bridgehead atoms. The Hall–Kier alpha value is -3.21. The Morgan fingerprint density at radius 1 is 1.04 bits per heavy atom. The predicted molar refractivity (Wildman–Crippen MR) is 102 cm³/mol. The molecule has 2 N–H and O–H groups in total. The number of anilines is 1. The predicted octanol–water partition coefficient (Wildman–Crippen LogP) is 4.56. The quantitative estimate of drug-likeness (QED) is 0.709. The number of halogens is 1. The summed E-state index contributed by atoms with van der Waals surface area (Å²) in [7, 11) is 0. The van der Waals surface area contributed by atoms with Crippen LogP contribution in [0, 0.1) is 12.7 Å². The van der Waals surface area contributed by atoms with Gasteiger partial charge in [-0.1, -0.05) is 24.3 Å². The van der Waals surface area contributed by atoms with Crippen molar-refractivity contribution in [3.05, 3.63) is 83.9 Å². The van der Waals surface area contributed by atoms with Crippen LogP contribution >= 0.6 is 0 Å². The minimum Gasteiger partial charge on any atom is -0.338 e. The third-order valence-electron chi connectivity index (χ3n) is 3.96. The van der Waals surface area contributed by atoms with Crippen molar-refractivity contribution in [1.82, 2.24) is 10.3 Å². The third-order valence-corrected chi connectivity index (χ3v) is 3.96. The highest BCUT2D eigenvalue weighted by atomic mass is 19.1. The summed E-state index contributed by atoms with van der Waals surface area (Å²) in [5.41, 5.74) is 4.67. The summed E-state index contributed by atoms with van der Waals surface area (Å²) in [6.45, 7) is 2.39. The number of rotatable bonds is 5. The standard InChI is InChI=1S/C21H20FN3O/c1-15-13-18(10-12-23-15)17-5-7-20(8-6-17)25-21(26)24-11-9-16-3-2-4-19(22)14-16/h2-8,10,12-14H,9,11H2,1H3,(H2,24,25,26). The van der Waals surface area contributed by atoms with E-state index in [1.165, 1.54) is 12.1 Å². The summed E-state index contributed by atoms with van der Waals surface area (Å²) in [5, 5.41) is 5.57. The number of nitrogens with zero attached hydrogens (tertiary/aromatic N) is 1. The number of carbonyl (C=O) groups excluding carboxylic acids is 1. The van der Waals surface area contributed by atoms with E-state index >= 15 is 0 Å². The molecular formula is C21H20FN3O. The lowest BCUT2D eigenvalue weighted by Crippen LogP contribution is -2.30. The fourth-order valence-corrected chi connectivity index (χ4v) is 2.66. The topological polar surface area (TPSA) is 54.0 Å². The number of hydrogen-bond acceptors (Lipinski definition) is 2. The maximum Gasteiger partial charge on any atom is 0.319 e. The Balaban J connectivity index is 1.51. The monoisotopic (exact) mass is 349 g/mol. The van der Waals surface area contributed by atoms with Gasteiger partial charge in [-0.15, -0.1) is 0 Å². The van der Waals surface area contributed by atoms with Gasteiger partial charge in [-0.3, -0.25) is 4.98 Å². The molecule has 26 heavy (non-hydrogen) atoms. The van der Waals surface area contributed by atoms with Crippen LogP contribution in [0.2, 0.25) is 0 Å². The summed E-state index contributed by atoms with van der Waals surface area (Å²) >= 11 is 0. The first-order chi connectivity index (χ1) is 12.6. The molecule has 5 heteroatoms.